The van der Waals surface area contributed by atoms with Crippen molar-refractivity contribution in [2.45, 2.75) is 0 Å². The molecule has 0 aliphatic rings. The lowest BCUT2D eigenvalue weighted by atomic mass is 10.1. The molecule has 2 nitrogen and oxygen atoms in total. The van der Waals surface area contributed by atoms with Crippen molar-refractivity contribution in [2.24, 2.45) is 7.05 Å². The fourth-order valence-corrected chi connectivity index (χ4v) is 2.49. The van der Waals surface area contributed by atoms with Gasteiger partial charge in [0.1, 0.15) is 7.05 Å². The molecule has 0 amide bonds. The molecule has 4 heteroatoms. The van der Waals surface area contributed by atoms with E-state index >= 15 is 0 Å². The number of hydrogen-bond acceptors (Lipinski definition) is 1. The summed E-state index contributed by atoms with van der Waals surface area (Å²) in [6, 6.07) is 17.2. The summed E-state index contributed by atoms with van der Waals surface area (Å²) >= 11 is 0. The van der Waals surface area contributed by atoms with E-state index in [-0.39, 0.29) is 35.5 Å². The van der Waals surface area contributed by atoms with Crippen LogP contribution in [0.1, 0.15) is 11.3 Å². The quantitative estimate of drug-likeness (QED) is 0.454. The van der Waals surface area contributed by atoms with Gasteiger partial charge in [0.15, 0.2) is 11.6 Å². The monoisotopic (exact) mass is 421 g/mol. The number of fused-ring (bicyclic) bond motifs is 1. The molecule has 0 atom stereocenters. The standard InChI is InChI=1S/C19H17FNO.HI/c1-21-16(11-9-15-5-3-4-6-18(15)21)10-7-14-8-12-17(20)19(13-14)22-2;/h3-13H,1-2H3;1H/q+1;/p-1/b10-7+;. The molecule has 3 rings (SSSR count). The van der Waals surface area contributed by atoms with Crippen LogP contribution in [0.15, 0.2) is 54.6 Å². The third-order valence-electron chi connectivity index (χ3n) is 3.74. The maximum atomic E-state index is 13.4. The van der Waals surface area contributed by atoms with Crippen LogP contribution in [0.4, 0.5) is 4.39 Å². The van der Waals surface area contributed by atoms with Crippen molar-refractivity contribution in [1.82, 2.24) is 0 Å². The zero-order valence-electron chi connectivity index (χ0n) is 13.0. The Morgan fingerprint density at radius 1 is 1.00 bits per heavy atom. The number of aromatic nitrogens is 1. The average molecular weight is 421 g/mol. The molecule has 0 aliphatic carbocycles. The zero-order valence-corrected chi connectivity index (χ0v) is 15.1. The number of halogens is 2. The number of rotatable bonds is 3. The van der Waals surface area contributed by atoms with Crippen LogP contribution < -0.4 is 33.3 Å². The summed E-state index contributed by atoms with van der Waals surface area (Å²) in [5.41, 5.74) is 3.13. The molecular formula is C19H17FINO. The van der Waals surface area contributed by atoms with Gasteiger partial charge < -0.3 is 28.7 Å². The fourth-order valence-electron chi connectivity index (χ4n) is 2.49. The summed E-state index contributed by atoms with van der Waals surface area (Å²) in [5.74, 6) is -0.0963. The molecule has 0 radical (unpaired) electrons. The lowest BCUT2D eigenvalue weighted by Crippen LogP contribution is -3.00. The Morgan fingerprint density at radius 3 is 2.57 bits per heavy atom. The smallest absolute Gasteiger partial charge is 0.212 e. The number of methoxy groups -OCH3 is 1. The van der Waals surface area contributed by atoms with E-state index in [2.05, 4.69) is 28.8 Å². The molecular weight excluding hydrogens is 404 g/mol. The largest absolute Gasteiger partial charge is 1.00 e. The van der Waals surface area contributed by atoms with Crippen molar-refractivity contribution in [3.05, 3.63) is 71.7 Å². The van der Waals surface area contributed by atoms with E-state index in [0.717, 1.165) is 11.3 Å². The van der Waals surface area contributed by atoms with E-state index in [1.807, 2.05) is 31.3 Å². The maximum Gasteiger partial charge on any atom is 0.212 e. The molecule has 3 aromatic rings. The van der Waals surface area contributed by atoms with Gasteiger partial charge >= 0.3 is 0 Å². The molecule has 1 aromatic heterocycles. The molecule has 2 aromatic carbocycles. The first-order chi connectivity index (χ1) is 10.7. The van der Waals surface area contributed by atoms with Gasteiger partial charge in [-0.2, -0.15) is 4.57 Å². The number of ether oxygens (including phenoxy) is 1. The molecule has 0 aliphatic heterocycles. The number of aryl methyl sites for hydroxylation is 1. The average Bonchev–Trinajstić information content (AvgIpc) is 2.56. The van der Waals surface area contributed by atoms with Gasteiger partial charge in [-0.05, 0) is 35.9 Å². The highest BCUT2D eigenvalue weighted by Crippen LogP contribution is 2.19. The van der Waals surface area contributed by atoms with E-state index in [1.54, 1.807) is 12.1 Å². The molecule has 0 saturated heterocycles. The van der Waals surface area contributed by atoms with Gasteiger partial charge in [0.2, 0.25) is 11.2 Å². The van der Waals surface area contributed by atoms with Gasteiger partial charge in [0, 0.05) is 23.6 Å². The Bertz CT molecular complexity index is 861. The van der Waals surface area contributed by atoms with Crippen molar-refractivity contribution < 1.29 is 37.7 Å². The summed E-state index contributed by atoms with van der Waals surface area (Å²) in [6.45, 7) is 0. The highest BCUT2D eigenvalue weighted by Gasteiger charge is 2.08. The second-order valence-corrected chi connectivity index (χ2v) is 5.10. The van der Waals surface area contributed by atoms with Gasteiger partial charge in [-0.25, -0.2) is 4.39 Å². The number of pyridine rings is 1. The minimum Gasteiger partial charge on any atom is -1.00 e. The minimum atomic E-state index is -0.351. The minimum absolute atomic E-state index is 0. The lowest BCUT2D eigenvalue weighted by molar-refractivity contribution is -0.646. The third kappa shape index (κ3) is 3.69. The van der Waals surface area contributed by atoms with Crippen LogP contribution in [0, 0.1) is 5.82 Å². The summed E-state index contributed by atoms with van der Waals surface area (Å²) in [5, 5.41) is 1.20. The van der Waals surface area contributed by atoms with Crippen molar-refractivity contribution >= 4 is 23.1 Å². The normalized spacial score (nSPS) is 10.7. The molecule has 118 valence electrons. The Labute approximate surface area is 152 Å². The molecule has 0 spiro atoms. The van der Waals surface area contributed by atoms with Gasteiger partial charge in [-0.3, -0.25) is 0 Å². The second-order valence-electron chi connectivity index (χ2n) is 5.10. The molecule has 0 bridgehead atoms. The zero-order chi connectivity index (χ0) is 15.5. The van der Waals surface area contributed by atoms with E-state index in [4.69, 9.17) is 4.74 Å². The lowest BCUT2D eigenvalue weighted by Gasteiger charge is -2.02. The van der Waals surface area contributed by atoms with Crippen molar-refractivity contribution in [2.75, 3.05) is 7.11 Å². The molecule has 1 heterocycles. The van der Waals surface area contributed by atoms with Crippen LogP contribution in [-0.4, -0.2) is 7.11 Å². The predicted octanol–water partition coefficient (Wildman–Crippen LogP) is 0.986. The molecule has 0 saturated carbocycles. The molecule has 0 N–H and O–H groups in total. The summed E-state index contributed by atoms with van der Waals surface area (Å²) in [7, 11) is 3.50. The van der Waals surface area contributed by atoms with Gasteiger partial charge in [-0.15, -0.1) is 0 Å². The first-order valence-corrected chi connectivity index (χ1v) is 7.08. The van der Waals surface area contributed by atoms with Crippen LogP contribution >= 0.6 is 0 Å². The SMILES string of the molecule is COc1cc(/C=C/c2ccc3ccccc3[n+]2C)ccc1F.[I-]. The summed E-state index contributed by atoms with van der Waals surface area (Å²) in [6.07, 6.45) is 3.96. The van der Waals surface area contributed by atoms with Crippen molar-refractivity contribution in [3.63, 3.8) is 0 Å². The van der Waals surface area contributed by atoms with Crippen LogP contribution in [-0.2, 0) is 7.05 Å². The van der Waals surface area contributed by atoms with Crippen molar-refractivity contribution in [3.8, 4) is 5.75 Å². The Morgan fingerprint density at radius 2 is 1.78 bits per heavy atom. The molecule has 0 unspecified atom stereocenters. The van der Waals surface area contributed by atoms with E-state index in [1.165, 1.54) is 24.1 Å². The van der Waals surface area contributed by atoms with Gasteiger partial charge in [0.25, 0.3) is 0 Å². The summed E-state index contributed by atoms with van der Waals surface area (Å²) in [4.78, 5) is 0. The second kappa shape index (κ2) is 7.55. The summed E-state index contributed by atoms with van der Waals surface area (Å²) < 4.78 is 20.6. The van der Waals surface area contributed by atoms with E-state index < -0.39 is 0 Å². The fraction of sp³-hybridized carbons (Fsp3) is 0.105. The number of para-hydroxylation sites is 1. The van der Waals surface area contributed by atoms with Crippen molar-refractivity contribution in [1.29, 1.82) is 0 Å². The number of benzene rings is 2. The highest BCUT2D eigenvalue weighted by atomic mass is 127. The molecule has 23 heavy (non-hydrogen) atoms. The van der Waals surface area contributed by atoms with E-state index in [0.29, 0.717) is 0 Å². The topological polar surface area (TPSA) is 13.1 Å². The number of hydrogen-bond donors (Lipinski definition) is 0. The Kier molecular flexibility index (Phi) is 5.71. The van der Waals surface area contributed by atoms with Crippen LogP contribution in [0.2, 0.25) is 0 Å². The Balaban J connectivity index is 0.00000192. The number of nitrogens with zero attached hydrogens (tertiary/aromatic N) is 1. The van der Waals surface area contributed by atoms with Crippen LogP contribution in [0.3, 0.4) is 0 Å². The van der Waals surface area contributed by atoms with Gasteiger partial charge in [-0.1, -0.05) is 18.2 Å². The maximum absolute atomic E-state index is 13.4. The first kappa shape index (κ1) is 17.4. The van der Waals surface area contributed by atoms with Crippen LogP contribution in [0.5, 0.6) is 5.75 Å². The Hall–Kier alpha value is -1.95. The predicted molar refractivity (Wildman–Crippen MR) is 87.0 cm³/mol. The first-order valence-electron chi connectivity index (χ1n) is 7.08. The van der Waals surface area contributed by atoms with Gasteiger partial charge in [0.05, 0.1) is 7.11 Å². The van der Waals surface area contributed by atoms with Crippen LogP contribution in [0.25, 0.3) is 23.1 Å². The highest BCUT2D eigenvalue weighted by molar-refractivity contribution is 5.77. The molecule has 0 fully saturated rings. The van der Waals surface area contributed by atoms with E-state index in [9.17, 15) is 4.39 Å². The third-order valence-corrected chi connectivity index (χ3v) is 3.74.